The standard InChI is InChI=1S/C19H20N2O/c1-2-18-8-5-10-21-11-9-19(17(18)21)13-6-3-4-7-15(13)20-16(22)14(19)12-18/h2-8,14,17H,1,9-12H2,(H,20,22)/t14-,17?,18-,19-/m0/s1. The van der Waals surface area contributed by atoms with Crippen molar-refractivity contribution in [1.29, 1.82) is 0 Å². The average Bonchev–Trinajstić information content (AvgIpc) is 3.08. The lowest BCUT2D eigenvalue weighted by Gasteiger charge is -2.45. The summed E-state index contributed by atoms with van der Waals surface area (Å²) < 4.78 is 0. The predicted molar refractivity (Wildman–Crippen MR) is 86.6 cm³/mol. The van der Waals surface area contributed by atoms with E-state index in [1.807, 2.05) is 12.1 Å². The minimum atomic E-state index is -0.0613. The summed E-state index contributed by atoms with van der Waals surface area (Å²) in [5.74, 6) is 0.253. The number of benzene rings is 1. The van der Waals surface area contributed by atoms with Gasteiger partial charge in [-0.15, -0.1) is 6.58 Å². The Morgan fingerprint density at radius 1 is 1.36 bits per heavy atom. The van der Waals surface area contributed by atoms with Crippen LogP contribution in [0.15, 0.2) is 49.1 Å². The first-order valence-corrected chi connectivity index (χ1v) is 8.17. The first-order chi connectivity index (χ1) is 10.7. The quantitative estimate of drug-likeness (QED) is 0.807. The first kappa shape index (κ1) is 12.7. The third-order valence-corrected chi connectivity index (χ3v) is 6.51. The Morgan fingerprint density at radius 2 is 2.23 bits per heavy atom. The summed E-state index contributed by atoms with van der Waals surface area (Å²) in [5.41, 5.74) is 2.25. The molecular formula is C19H20N2O. The van der Waals surface area contributed by atoms with E-state index in [4.69, 9.17) is 0 Å². The van der Waals surface area contributed by atoms with E-state index in [2.05, 4.69) is 47.2 Å². The first-order valence-electron chi connectivity index (χ1n) is 8.17. The minimum absolute atomic E-state index is 0.0438. The highest BCUT2D eigenvalue weighted by Gasteiger charge is 2.69. The summed E-state index contributed by atoms with van der Waals surface area (Å²) in [6.45, 7) is 6.21. The van der Waals surface area contributed by atoms with Gasteiger partial charge in [0, 0.05) is 29.1 Å². The molecule has 4 atom stereocenters. The van der Waals surface area contributed by atoms with Gasteiger partial charge in [-0.05, 0) is 31.0 Å². The molecule has 1 saturated carbocycles. The van der Waals surface area contributed by atoms with Crippen molar-refractivity contribution in [2.24, 2.45) is 11.3 Å². The molecule has 0 bridgehead atoms. The smallest absolute Gasteiger partial charge is 0.228 e. The van der Waals surface area contributed by atoms with Gasteiger partial charge in [0.25, 0.3) is 0 Å². The van der Waals surface area contributed by atoms with E-state index in [1.54, 1.807) is 0 Å². The normalized spacial score (nSPS) is 41.5. The maximum absolute atomic E-state index is 12.8. The highest BCUT2D eigenvalue weighted by atomic mass is 16.2. The number of nitrogens with zero attached hydrogens (tertiary/aromatic N) is 1. The lowest BCUT2D eigenvalue weighted by Crippen LogP contribution is -2.52. The number of carbonyl (C=O) groups excluding carboxylic acids is 1. The van der Waals surface area contributed by atoms with E-state index >= 15 is 0 Å². The molecule has 22 heavy (non-hydrogen) atoms. The summed E-state index contributed by atoms with van der Waals surface area (Å²) >= 11 is 0. The van der Waals surface area contributed by atoms with Crippen LogP contribution in [-0.2, 0) is 10.2 Å². The van der Waals surface area contributed by atoms with Crippen LogP contribution in [0.2, 0.25) is 0 Å². The molecule has 5 rings (SSSR count). The molecule has 1 aromatic rings. The lowest BCUT2D eigenvalue weighted by molar-refractivity contribution is -0.122. The molecule has 3 heterocycles. The Balaban J connectivity index is 1.82. The largest absolute Gasteiger partial charge is 0.326 e. The third kappa shape index (κ3) is 1.22. The van der Waals surface area contributed by atoms with Gasteiger partial charge >= 0.3 is 0 Å². The average molecular weight is 292 g/mol. The van der Waals surface area contributed by atoms with Crippen molar-refractivity contribution in [1.82, 2.24) is 4.90 Å². The summed E-state index contributed by atoms with van der Waals surface area (Å²) in [7, 11) is 0. The number of carbonyl (C=O) groups is 1. The van der Waals surface area contributed by atoms with Gasteiger partial charge in [-0.2, -0.15) is 0 Å². The topological polar surface area (TPSA) is 32.3 Å². The van der Waals surface area contributed by atoms with Crippen LogP contribution in [0.1, 0.15) is 18.4 Å². The number of amides is 1. The molecule has 1 spiro atoms. The van der Waals surface area contributed by atoms with Gasteiger partial charge in [0.2, 0.25) is 5.91 Å². The second-order valence-electron chi connectivity index (χ2n) is 7.20. The van der Waals surface area contributed by atoms with Crippen molar-refractivity contribution in [2.75, 3.05) is 18.4 Å². The minimum Gasteiger partial charge on any atom is -0.326 e. The number of fused-ring (bicyclic) bond motifs is 1. The Hall–Kier alpha value is -1.87. The monoisotopic (exact) mass is 292 g/mol. The number of nitrogens with one attached hydrogen (secondary N) is 1. The van der Waals surface area contributed by atoms with Gasteiger partial charge in [-0.3, -0.25) is 9.69 Å². The molecule has 0 aromatic heterocycles. The Morgan fingerprint density at radius 3 is 3.09 bits per heavy atom. The molecule has 3 heteroatoms. The van der Waals surface area contributed by atoms with Crippen LogP contribution in [0.3, 0.4) is 0 Å². The second kappa shape index (κ2) is 3.90. The number of para-hydroxylation sites is 1. The molecule has 1 aliphatic carbocycles. The molecule has 3 nitrogen and oxygen atoms in total. The van der Waals surface area contributed by atoms with Crippen LogP contribution in [0.5, 0.6) is 0 Å². The number of hydrogen-bond acceptors (Lipinski definition) is 2. The predicted octanol–water partition coefficient (Wildman–Crippen LogP) is 2.71. The van der Waals surface area contributed by atoms with E-state index in [9.17, 15) is 4.79 Å². The molecule has 4 aliphatic rings. The fourth-order valence-corrected chi connectivity index (χ4v) is 5.79. The molecule has 1 saturated heterocycles. The summed E-state index contributed by atoms with van der Waals surface area (Å²) in [5, 5.41) is 3.14. The van der Waals surface area contributed by atoms with E-state index in [0.29, 0.717) is 6.04 Å². The van der Waals surface area contributed by atoms with Crippen molar-refractivity contribution in [3.63, 3.8) is 0 Å². The van der Waals surface area contributed by atoms with Crippen LogP contribution >= 0.6 is 0 Å². The van der Waals surface area contributed by atoms with Crippen LogP contribution in [-0.4, -0.2) is 29.9 Å². The van der Waals surface area contributed by atoms with Gasteiger partial charge in [-0.1, -0.05) is 36.4 Å². The van der Waals surface area contributed by atoms with Gasteiger partial charge < -0.3 is 5.32 Å². The number of hydrogen-bond donors (Lipinski definition) is 1. The highest BCUT2D eigenvalue weighted by molar-refractivity contribution is 5.98. The summed E-state index contributed by atoms with van der Waals surface area (Å²) in [6, 6.07) is 8.77. The van der Waals surface area contributed by atoms with E-state index in [1.165, 1.54) is 5.56 Å². The molecule has 1 unspecified atom stereocenters. The van der Waals surface area contributed by atoms with Gasteiger partial charge in [0.1, 0.15) is 0 Å². The zero-order valence-electron chi connectivity index (χ0n) is 12.6. The fourth-order valence-electron chi connectivity index (χ4n) is 5.79. The van der Waals surface area contributed by atoms with Gasteiger partial charge in [0.15, 0.2) is 0 Å². The summed E-state index contributed by atoms with van der Waals surface area (Å²) in [6.07, 6.45) is 8.64. The highest BCUT2D eigenvalue weighted by Crippen LogP contribution is 2.65. The molecule has 112 valence electrons. The summed E-state index contributed by atoms with van der Waals surface area (Å²) in [4.78, 5) is 15.4. The fraction of sp³-hybridized carbons (Fsp3) is 0.421. The SMILES string of the molecule is C=C[C@]12C=CCN3CC[C@@]4(c5ccccc5NC(=O)[C@@H]4C1)C32. The van der Waals surface area contributed by atoms with Crippen LogP contribution < -0.4 is 5.32 Å². The van der Waals surface area contributed by atoms with Crippen LogP contribution in [0.25, 0.3) is 0 Å². The van der Waals surface area contributed by atoms with Gasteiger partial charge in [0.05, 0.1) is 5.92 Å². The van der Waals surface area contributed by atoms with Crippen LogP contribution in [0.4, 0.5) is 5.69 Å². The van der Waals surface area contributed by atoms with Crippen molar-refractivity contribution in [3.8, 4) is 0 Å². The Bertz CT molecular complexity index is 724. The molecule has 3 aliphatic heterocycles. The van der Waals surface area contributed by atoms with E-state index in [-0.39, 0.29) is 22.7 Å². The number of anilines is 1. The van der Waals surface area contributed by atoms with E-state index in [0.717, 1.165) is 31.6 Å². The molecular weight excluding hydrogens is 272 g/mol. The van der Waals surface area contributed by atoms with Gasteiger partial charge in [-0.25, -0.2) is 0 Å². The zero-order valence-corrected chi connectivity index (χ0v) is 12.6. The second-order valence-corrected chi connectivity index (χ2v) is 7.20. The van der Waals surface area contributed by atoms with Crippen molar-refractivity contribution in [3.05, 3.63) is 54.6 Å². The lowest BCUT2D eigenvalue weighted by atomic mass is 9.65. The van der Waals surface area contributed by atoms with Crippen molar-refractivity contribution < 1.29 is 4.79 Å². The molecule has 1 amide bonds. The van der Waals surface area contributed by atoms with Crippen molar-refractivity contribution in [2.45, 2.75) is 24.3 Å². The third-order valence-electron chi connectivity index (χ3n) is 6.51. The maximum atomic E-state index is 12.8. The maximum Gasteiger partial charge on any atom is 0.228 e. The molecule has 0 radical (unpaired) electrons. The Labute approximate surface area is 130 Å². The zero-order chi connectivity index (χ0) is 14.9. The van der Waals surface area contributed by atoms with Crippen LogP contribution in [0, 0.1) is 11.3 Å². The molecule has 2 fully saturated rings. The van der Waals surface area contributed by atoms with E-state index < -0.39 is 0 Å². The Kier molecular flexibility index (Phi) is 2.25. The van der Waals surface area contributed by atoms with Crippen molar-refractivity contribution >= 4 is 11.6 Å². The number of rotatable bonds is 1. The molecule has 1 aromatic carbocycles. The molecule has 1 N–H and O–H groups in total.